The molecule has 0 amide bonds. The summed E-state index contributed by atoms with van der Waals surface area (Å²) in [5.74, 6) is 3.25. The van der Waals surface area contributed by atoms with Crippen molar-refractivity contribution in [2.24, 2.45) is 5.92 Å². The van der Waals surface area contributed by atoms with Gasteiger partial charge in [-0.2, -0.15) is 12.6 Å². The van der Waals surface area contributed by atoms with Gasteiger partial charge in [-0.05, 0) is 35.8 Å². The van der Waals surface area contributed by atoms with Crippen LogP contribution in [0, 0.1) is 5.92 Å². The van der Waals surface area contributed by atoms with Crippen LogP contribution in [-0.4, -0.2) is 19.0 Å². The lowest BCUT2D eigenvalue weighted by Crippen LogP contribution is -2.15. The molecule has 1 aromatic rings. The van der Waals surface area contributed by atoms with E-state index in [0.717, 1.165) is 23.7 Å². The van der Waals surface area contributed by atoms with E-state index in [1.165, 1.54) is 5.56 Å². The molecular weight excluding hydrogens is 208 g/mol. The van der Waals surface area contributed by atoms with Gasteiger partial charge in [-0.1, -0.05) is 13.0 Å². The van der Waals surface area contributed by atoms with Crippen molar-refractivity contribution < 1.29 is 9.47 Å². The van der Waals surface area contributed by atoms with E-state index in [1.807, 2.05) is 6.07 Å². The molecule has 0 spiro atoms. The SMILES string of the molecule is CC(CS)Cc1ccc2c(c1)OCCO2. The number of rotatable bonds is 3. The molecule has 0 saturated carbocycles. The van der Waals surface area contributed by atoms with Gasteiger partial charge >= 0.3 is 0 Å². The Balaban J connectivity index is 2.13. The highest BCUT2D eigenvalue weighted by Gasteiger charge is 2.12. The quantitative estimate of drug-likeness (QED) is 0.795. The molecule has 1 aliphatic rings. The van der Waals surface area contributed by atoms with E-state index in [0.29, 0.717) is 19.1 Å². The zero-order valence-electron chi connectivity index (χ0n) is 8.90. The molecule has 0 aliphatic carbocycles. The van der Waals surface area contributed by atoms with Gasteiger partial charge < -0.3 is 9.47 Å². The van der Waals surface area contributed by atoms with Crippen LogP contribution in [0.2, 0.25) is 0 Å². The van der Waals surface area contributed by atoms with E-state index in [2.05, 4.69) is 31.7 Å². The highest BCUT2D eigenvalue weighted by molar-refractivity contribution is 7.80. The molecule has 0 bridgehead atoms. The van der Waals surface area contributed by atoms with Crippen LogP contribution in [0.1, 0.15) is 12.5 Å². The summed E-state index contributed by atoms with van der Waals surface area (Å²) >= 11 is 4.29. The first kappa shape index (κ1) is 10.7. The summed E-state index contributed by atoms with van der Waals surface area (Å²) in [4.78, 5) is 0. The maximum atomic E-state index is 5.54. The third-order valence-corrected chi connectivity index (χ3v) is 3.13. The average Bonchev–Trinajstić information content (AvgIpc) is 2.29. The molecule has 1 heterocycles. The van der Waals surface area contributed by atoms with Gasteiger partial charge in [0.1, 0.15) is 13.2 Å². The Morgan fingerprint density at radius 1 is 1.27 bits per heavy atom. The normalized spacial score (nSPS) is 16.1. The summed E-state index contributed by atoms with van der Waals surface area (Å²) in [5, 5.41) is 0. The van der Waals surface area contributed by atoms with Crippen LogP contribution in [-0.2, 0) is 6.42 Å². The van der Waals surface area contributed by atoms with Crippen LogP contribution >= 0.6 is 12.6 Å². The lowest BCUT2D eigenvalue weighted by Gasteiger charge is -2.19. The van der Waals surface area contributed by atoms with E-state index in [-0.39, 0.29) is 0 Å². The van der Waals surface area contributed by atoms with Crippen LogP contribution in [0.25, 0.3) is 0 Å². The van der Waals surface area contributed by atoms with E-state index in [4.69, 9.17) is 9.47 Å². The molecule has 0 N–H and O–H groups in total. The molecule has 15 heavy (non-hydrogen) atoms. The van der Waals surface area contributed by atoms with E-state index in [9.17, 15) is 0 Å². The first-order valence-electron chi connectivity index (χ1n) is 5.29. The Labute approximate surface area is 96.0 Å². The van der Waals surface area contributed by atoms with Crippen molar-refractivity contribution in [1.29, 1.82) is 0 Å². The molecule has 3 heteroatoms. The Morgan fingerprint density at radius 2 is 2.00 bits per heavy atom. The monoisotopic (exact) mass is 224 g/mol. The molecule has 0 radical (unpaired) electrons. The number of thiol groups is 1. The van der Waals surface area contributed by atoms with Gasteiger partial charge in [-0.15, -0.1) is 0 Å². The van der Waals surface area contributed by atoms with Crippen LogP contribution in [0.15, 0.2) is 18.2 Å². The summed E-state index contributed by atoms with van der Waals surface area (Å²) in [6.45, 7) is 3.50. The fraction of sp³-hybridized carbons (Fsp3) is 0.500. The summed E-state index contributed by atoms with van der Waals surface area (Å²) in [6, 6.07) is 6.18. The second-order valence-corrected chi connectivity index (χ2v) is 4.34. The van der Waals surface area contributed by atoms with Crippen LogP contribution in [0.3, 0.4) is 0 Å². The van der Waals surface area contributed by atoms with Gasteiger partial charge in [0.05, 0.1) is 0 Å². The predicted octanol–water partition coefficient (Wildman–Crippen LogP) is 2.57. The third-order valence-electron chi connectivity index (χ3n) is 2.50. The summed E-state index contributed by atoms with van der Waals surface area (Å²) < 4.78 is 11.0. The second-order valence-electron chi connectivity index (χ2n) is 3.97. The zero-order valence-corrected chi connectivity index (χ0v) is 9.80. The maximum absolute atomic E-state index is 5.54. The summed E-state index contributed by atoms with van der Waals surface area (Å²) in [6.07, 6.45) is 1.04. The second kappa shape index (κ2) is 4.79. The molecule has 1 aromatic carbocycles. The lowest BCUT2D eigenvalue weighted by molar-refractivity contribution is 0.171. The van der Waals surface area contributed by atoms with Crippen LogP contribution < -0.4 is 9.47 Å². The number of hydrogen-bond donors (Lipinski definition) is 1. The Kier molecular flexibility index (Phi) is 3.41. The Bertz CT molecular complexity index is 338. The van der Waals surface area contributed by atoms with Crippen molar-refractivity contribution in [2.45, 2.75) is 13.3 Å². The molecule has 1 aliphatic heterocycles. The fourth-order valence-electron chi connectivity index (χ4n) is 1.68. The van der Waals surface area contributed by atoms with E-state index < -0.39 is 0 Å². The van der Waals surface area contributed by atoms with Crippen molar-refractivity contribution in [1.82, 2.24) is 0 Å². The van der Waals surface area contributed by atoms with E-state index >= 15 is 0 Å². The highest BCUT2D eigenvalue weighted by Crippen LogP contribution is 2.31. The van der Waals surface area contributed by atoms with Crippen molar-refractivity contribution >= 4 is 12.6 Å². The Morgan fingerprint density at radius 3 is 2.73 bits per heavy atom. The van der Waals surface area contributed by atoms with Crippen LogP contribution in [0.4, 0.5) is 0 Å². The molecular formula is C12H16O2S. The van der Waals surface area contributed by atoms with Gasteiger partial charge in [0.15, 0.2) is 11.5 Å². The number of fused-ring (bicyclic) bond motifs is 1. The predicted molar refractivity (Wildman–Crippen MR) is 64.2 cm³/mol. The largest absolute Gasteiger partial charge is 0.486 e. The van der Waals surface area contributed by atoms with Crippen molar-refractivity contribution in [2.75, 3.05) is 19.0 Å². The molecule has 2 rings (SSSR count). The molecule has 0 aromatic heterocycles. The Hall–Kier alpha value is -0.830. The van der Waals surface area contributed by atoms with Crippen molar-refractivity contribution in [3.63, 3.8) is 0 Å². The standard InChI is InChI=1S/C12H16O2S/c1-9(8-15)6-10-2-3-11-12(7-10)14-5-4-13-11/h2-3,7,9,15H,4-6,8H2,1H3. The van der Waals surface area contributed by atoms with Crippen molar-refractivity contribution in [3.8, 4) is 11.5 Å². The highest BCUT2D eigenvalue weighted by atomic mass is 32.1. The van der Waals surface area contributed by atoms with Gasteiger partial charge in [-0.3, -0.25) is 0 Å². The molecule has 82 valence electrons. The topological polar surface area (TPSA) is 18.5 Å². The van der Waals surface area contributed by atoms with Gasteiger partial charge in [0.25, 0.3) is 0 Å². The summed E-state index contributed by atoms with van der Waals surface area (Å²) in [5.41, 5.74) is 1.29. The maximum Gasteiger partial charge on any atom is 0.161 e. The molecule has 1 atom stereocenters. The molecule has 0 fully saturated rings. The van der Waals surface area contributed by atoms with Gasteiger partial charge in [0, 0.05) is 0 Å². The minimum absolute atomic E-state index is 0.593. The van der Waals surface area contributed by atoms with E-state index in [1.54, 1.807) is 0 Å². The first-order chi connectivity index (χ1) is 7.29. The molecule has 2 nitrogen and oxygen atoms in total. The number of ether oxygens (including phenoxy) is 2. The third kappa shape index (κ3) is 2.59. The van der Waals surface area contributed by atoms with Crippen LogP contribution in [0.5, 0.6) is 11.5 Å². The number of benzene rings is 1. The fourth-order valence-corrected chi connectivity index (χ4v) is 1.81. The lowest BCUT2D eigenvalue weighted by atomic mass is 10.0. The zero-order chi connectivity index (χ0) is 10.7. The van der Waals surface area contributed by atoms with Gasteiger partial charge in [-0.25, -0.2) is 0 Å². The molecule has 1 unspecified atom stereocenters. The summed E-state index contributed by atoms with van der Waals surface area (Å²) in [7, 11) is 0. The molecule has 0 saturated heterocycles. The smallest absolute Gasteiger partial charge is 0.161 e. The first-order valence-corrected chi connectivity index (χ1v) is 5.92. The number of hydrogen-bond acceptors (Lipinski definition) is 3. The minimum Gasteiger partial charge on any atom is -0.486 e. The average molecular weight is 224 g/mol. The van der Waals surface area contributed by atoms with Crippen molar-refractivity contribution in [3.05, 3.63) is 23.8 Å². The van der Waals surface area contributed by atoms with Gasteiger partial charge in [0.2, 0.25) is 0 Å². The minimum atomic E-state index is 0.593.